The lowest BCUT2D eigenvalue weighted by Crippen LogP contribution is -2.61. The number of benzene rings is 1. The van der Waals surface area contributed by atoms with Crippen LogP contribution in [0.2, 0.25) is 0 Å². The van der Waals surface area contributed by atoms with Crippen molar-refractivity contribution in [2.45, 2.75) is 36.8 Å². The van der Waals surface area contributed by atoms with Gasteiger partial charge in [-0.25, -0.2) is 8.78 Å². The highest BCUT2D eigenvalue weighted by molar-refractivity contribution is 5.92. The monoisotopic (exact) mass is 348 g/mol. The number of halogens is 4. The van der Waals surface area contributed by atoms with Gasteiger partial charge in [0.2, 0.25) is 5.91 Å². The van der Waals surface area contributed by atoms with Gasteiger partial charge in [0.05, 0.1) is 0 Å². The van der Waals surface area contributed by atoms with E-state index in [1.165, 1.54) is 7.05 Å². The molecule has 1 fully saturated rings. The Balaban J connectivity index is 2.27. The smallest absolute Gasteiger partial charge is 0.352 e. The Morgan fingerprint density at radius 1 is 1.25 bits per heavy atom. The Morgan fingerprint density at radius 3 is 2.33 bits per heavy atom. The second-order valence-electron chi connectivity index (χ2n) is 5.65. The summed E-state index contributed by atoms with van der Waals surface area (Å²) in [6.07, 6.45) is -0.145. The van der Waals surface area contributed by atoms with E-state index in [-0.39, 0.29) is 18.4 Å². The van der Waals surface area contributed by atoms with Gasteiger partial charge in [-0.1, -0.05) is 6.07 Å². The maximum atomic E-state index is 14.1. The predicted molar refractivity (Wildman–Crippen MR) is 75.1 cm³/mol. The second-order valence-corrected chi connectivity index (χ2v) is 5.65. The summed E-state index contributed by atoms with van der Waals surface area (Å²) < 4.78 is 54.5. The molecule has 2 rings (SSSR count). The maximum Gasteiger partial charge on any atom is 0.352 e. The number of alkyl halides is 2. The van der Waals surface area contributed by atoms with Crippen LogP contribution >= 0.6 is 0 Å². The quantitative estimate of drug-likeness (QED) is 0.704. The van der Waals surface area contributed by atoms with Gasteiger partial charge in [0, 0.05) is 7.05 Å². The third-order valence-electron chi connectivity index (χ3n) is 4.11. The summed E-state index contributed by atoms with van der Waals surface area (Å²) in [5, 5.41) is 13.7. The second kappa shape index (κ2) is 6.39. The molecule has 1 unspecified atom stereocenters. The first kappa shape index (κ1) is 18.2. The molecule has 1 saturated carbocycles. The molecule has 2 amide bonds. The van der Waals surface area contributed by atoms with Crippen molar-refractivity contribution in [2.24, 2.45) is 0 Å². The first-order chi connectivity index (χ1) is 11.1. The van der Waals surface area contributed by atoms with Crippen molar-refractivity contribution in [2.75, 3.05) is 7.05 Å². The third-order valence-corrected chi connectivity index (χ3v) is 4.11. The van der Waals surface area contributed by atoms with E-state index in [0.717, 1.165) is 6.07 Å². The predicted octanol–water partition coefficient (Wildman–Crippen LogP) is 1.42. The van der Waals surface area contributed by atoms with E-state index in [0.29, 0.717) is 18.6 Å². The lowest BCUT2D eigenvalue weighted by molar-refractivity contribution is -0.216. The molecular formula is C15H16F4N2O3. The summed E-state index contributed by atoms with van der Waals surface area (Å²) >= 11 is 0. The normalized spacial score (nSPS) is 17.6. The first-order valence-corrected chi connectivity index (χ1v) is 7.20. The first-order valence-electron chi connectivity index (χ1n) is 7.20. The molecular weight excluding hydrogens is 332 g/mol. The van der Waals surface area contributed by atoms with Gasteiger partial charge in [-0.05, 0) is 37.0 Å². The van der Waals surface area contributed by atoms with Crippen molar-refractivity contribution >= 4 is 11.8 Å². The van der Waals surface area contributed by atoms with Crippen LogP contribution in [0.1, 0.15) is 30.9 Å². The van der Waals surface area contributed by atoms with E-state index in [2.05, 4.69) is 5.32 Å². The Bertz CT molecular complexity index is 662. The molecule has 9 heteroatoms. The van der Waals surface area contributed by atoms with E-state index >= 15 is 0 Å². The molecule has 1 aromatic carbocycles. The highest BCUT2D eigenvalue weighted by Gasteiger charge is 2.61. The number of nitrogens with one attached hydrogen (secondary N) is 2. The number of hydrogen-bond donors (Lipinski definition) is 3. The zero-order valence-corrected chi connectivity index (χ0v) is 12.7. The van der Waals surface area contributed by atoms with E-state index in [1.807, 2.05) is 0 Å². The molecule has 1 aromatic rings. The number of amides is 2. The number of hydrogen-bond acceptors (Lipinski definition) is 3. The average molecular weight is 348 g/mol. The fourth-order valence-electron chi connectivity index (χ4n) is 2.40. The number of aliphatic hydroxyl groups is 1. The molecule has 1 atom stereocenters. The van der Waals surface area contributed by atoms with Crippen molar-refractivity contribution in [3.05, 3.63) is 35.4 Å². The minimum atomic E-state index is -4.11. The third kappa shape index (κ3) is 3.08. The molecule has 0 bridgehead atoms. The van der Waals surface area contributed by atoms with Gasteiger partial charge in [-0.2, -0.15) is 8.78 Å². The molecule has 132 valence electrons. The number of rotatable bonds is 5. The van der Waals surface area contributed by atoms with Crippen molar-refractivity contribution in [1.29, 1.82) is 0 Å². The Hall–Kier alpha value is -2.16. The average Bonchev–Trinajstić information content (AvgIpc) is 2.51. The van der Waals surface area contributed by atoms with Gasteiger partial charge in [0.25, 0.3) is 5.91 Å². The van der Waals surface area contributed by atoms with E-state index in [9.17, 15) is 32.3 Å². The lowest BCUT2D eigenvalue weighted by atomic mass is 9.75. The largest absolute Gasteiger partial charge is 0.383 e. The minimum absolute atomic E-state index is 0.210. The van der Waals surface area contributed by atoms with Gasteiger partial charge in [-0.3, -0.25) is 9.59 Å². The molecule has 1 aliphatic rings. The fraction of sp³-hybridized carbons (Fsp3) is 0.467. The van der Waals surface area contributed by atoms with Crippen LogP contribution in [0.5, 0.6) is 0 Å². The molecule has 24 heavy (non-hydrogen) atoms. The van der Waals surface area contributed by atoms with E-state index < -0.39 is 41.0 Å². The summed E-state index contributed by atoms with van der Waals surface area (Å²) in [7, 11) is 1.19. The topological polar surface area (TPSA) is 78.4 Å². The van der Waals surface area contributed by atoms with Crippen LogP contribution in [0.4, 0.5) is 17.6 Å². The fourth-order valence-corrected chi connectivity index (χ4v) is 2.40. The number of carbonyl (C=O) groups excluding carboxylic acids is 2. The van der Waals surface area contributed by atoms with Crippen LogP contribution < -0.4 is 10.6 Å². The molecule has 0 aliphatic heterocycles. The molecule has 1 aliphatic carbocycles. The van der Waals surface area contributed by atoms with Crippen LogP contribution in [0.3, 0.4) is 0 Å². The van der Waals surface area contributed by atoms with Gasteiger partial charge < -0.3 is 15.7 Å². The SMILES string of the molecule is CNC(=O)C(NC(=O)C(F)(F)C1(O)CCC1)c1ccc(F)c(F)c1. The lowest BCUT2D eigenvalue weighted by Gasteiger charge is -2.41. The standard InChI is InChI=1S/C15H16F4N2O3/c1-20-12(22)11(8-3-4-9(16)10(17)7-8)21-13(23)15(18,19)14(24)5-2-6-14/h3-4,7,11,24H,2,5-6H2,1H3,(H,20,22)(H,21,23). The zero-order valence-electron chi connectivity index (χ0n) is 12.7. The highest BCUT2D eigenvalue weighted by Crippen LogP contribution is 2.44. The Morgan fingerprint density at radius 2 is 1.88 bits per heavy atom. The number of carbonyl (C=O) groups is 2. The summed E-state index contributed by atoms with van der Waals surface area (Å²) in [5.41, 5.74) is -2.67. The van der Waals surface area contributed by atoms with Gasteiger partial charge in [0.15, 0.2) is 11.6 Å². The van der Waals surface area contributed by atoms with E-state index in [4.69, 9.17) is 0 Å². The summed E-state index contributed by atoms with van der Waals surface area (Å²) in [6.45, 7) is 0. The van der Waals surface area contributed by atoms with Crippen molar-refractivity contribution < 1.29 is 32.3 Å². The molecule has 3 N–H and O–H groups in total. The van der Waals surface area contributed by atoms with Crippen molar-refractivity contribution in [1.82, 2.24) is 10.6 Å². The van der Waals surface area contributed by atoms with Crippen LogP contribution in [-0.4, -0.2) is 35.5 Å². The van der Waals surface area contributed by atoms with Crippen molar-refractivity contribution in [3.63, 3.8) is 0 Å². The summed E-state index contributed by atoms with van der Waals surface area (Å²) in [4.78, 5) is 23.7. The Labute approximate surface area is 135 Å². The zero-order chi connectivity index (χ0) is 18.1. The van der Waals surface area contributed by atoms with Crippen LogP contribution in [0, 0.1) is 11.6 Å². The molecule has 0 spiro atoms. The summed E-state index contributed by atoms with van der Waals surface area (Å²) in [5.74, 6) is -9.35. The molecule has 0 aromatic heterocycles. The van der Waals surface area contributed by atoms with Crippen LogP contribution in [0.25, 0.3) is 0 Å². The molecule has 0 saturated heterocycles. The van der Waals surface area contributed by atoms with Gasteiger partial charge >= 0.3 is 5.92 Å². The van der Waals surface area contributed by atoms with Gasteiger partial charge in [0.1, 0.15) is 11.6 Å². The molecule has 0 radical (unpaired) electrons. The van der Waals surface area contributed by atoms with E-state index in [1.54, 1.807) is 5.32 Å². The van der Waals surface area contributed by atoms with Gasteiger partial charge in [-0.15, -0.1) is 0 Å². The highest BCUT2D eigenvalue weighted by atomic mass is 19.3. The Kier molecular flexibility index (Phi) is 4.84. The van der Waals surface area contributed by atoms with Crippen LogP contribution in [-0.2, 0) is 9.59 Å². The van der Waals surface area contributed by atoms with Crippen LogP contribution in [0.15, 0.2) is 18.2 Å². The molecule has 5 nitrogen and oxygen atoms in total. The molecule has 0 heterocycles. The number of likely N-dealkylation sites (N-methyl/N-ethyl adjacent to an activating group) is 1. The summed E-state index contributed by atoms with van der Waals surface area (Å²) in [6, 6.07) is 0.678. The van der Waals surface area contributed by atoms with Crippen molar-refractivity contribution in [3.8, 4) is 0 Å². The minimum Gasteiger partial charge on any atom is -0.383 e. The maximum absolute atomic E-state index is 14.1.